The van der Waals surface area contributed by atoms with Crippen LogP contribution in [0.25, 0.3) is 11.3 Å². The van der Waals surface area contributed by atoms with E-state index in [-0.39, 0.29) is 11.6 Å². The Morgan fingerprint density at radius 3 is 2.73 bits per heavy atom. The number of nitrogens with one attached hydrogen (secondary N) is 1. The molecule has 1 N–H and O–H groups in total. The molecule has 1 aliphatic rings. The Kier molecular flexibility index (Phi) is 6.42. The molecule has 0 unspecified atom stereocenters. The molecule has 1 aromatic heterocycles. The molecular formula is C26H31N3O4. The van der Waals surface area contributed by atoms with Crippen molar-refractivity contribution in [1.29, 1.82) is 0 Å². The second-order valence-corrected chi connectivity index (χ2v) is 9.01. The molecule has 7 heteroatoms. The van der Waals surface area contributed by atoms with Crippen molar-refractivity contribution in [2.75, 3.05) is 25.2 Å². The molecule has 4 rings (SSSR count). The summed E-state index contributed by atoms with van der Waals surface area (Å²) in [7, 11) is 1.61. The van der Waals surface area contributed by atoms with Crippen LogP contribution >= 0.6 is 0 Å². The molecule has 0 atom stereocenters. The topological polar surface area (TPSA) is 76.8 Å². The zero-order chi connectivity index (χ0) is 23.6. The van der Waals surface area contributed by atoms with Crippen LogP contribution in [0.5, 0.6) is 5.75 Å². The summed E-state index contributed by atoms with van der Waals surface area (Å²) in [5, 5.41) is 2.99. The van der Waals surface area contributed by atoms with E-state index in [2.05, 4.69) is 35.4 Å². The van der Waals surface area contributed by atoms with E-state index in [9.17, 15) is 4.79 Å². The first kappa shape index (κ1) is 22.9. The van der Waals surface area contributed by atoms with Crippen LogP contribution in [0.3, 0.4) is 0 Å². The molecule has 2 heterocycles. The molecule has 0 spiro atoms. The molecule has 1 aliphatic heterocycles. The quantitative estimate of drug-likeness (QED) is 0.518. The van der Waals surface area contributed by atoms with Gasteiger partial charge in [0.2, 0.25) is 0 Å². The van der Waals surface area contributed by atoms with Gasteiger partial charge >= 0.3 is 6.03 Å². The van der Waals surface area contributed by atoms with Crippen LogP contribution in [0.2, 0.25) is 0 Å². The van der Waals surface area contributed by atoms with Crippen LogP contribution in [-0.4, -0.2) is 36.8 Å². The van der Waals surface area contributed by atoms with Gasteiger partial charge in [0.15, 0.2) is 11.7 Å². The number of ether oxygens (including phenoxy) is 2. The monoisotopic (exact) mass is 449 g/mol. The predicted molar refractivity (Wildman–Crippen MR) is 128 cm³/mol. The highest BCUT2D eigenvalue weighted by Gasteiger charge is 2.36. The fraction of sp³-hybridized carbons (Fsp3) is 0.385. The maximum absolute atomic E-state index is 12.5. The Morgan fingerprint density at radius 2 is 2.03 bits per heavy atom. The summed E-state index contributed by atoms with van der Waals surface area (Å²) in [4.78, 5) is 18.7. The van der Waals surface area contributed by atoms with Crippen molar-refractivity contribution in [3.63, 3.8) is 0 Å². The van der Waals surface area contributed by atoms with Gasteiger partial charge in [0.05, 0.1) is 32.0 Å². The number of oxazole rings is 1. The standard InChI is InChI=1S/C26H31N3O4/c1-6-32-15-18-8-7-17(2)19(9-18)12-24-27-14-23(33-24)20-10-21(13-22(11-20)31-5)29-16-26(3,4)28-25(29)30/h7-11,13-14H,6,12,15-16H2,1-5H3,(H,28,30). The summed E-state index contributed by atoms with van der Waals surface area (Å²) in [6, 6.07) is 11.9. The lowest BCUT2D eigenvalue weighted by Crippen LogP contribution is -2.36. The van der Waals surface area contributed by atoms with Gasteiger partial charge in [0, 0.05) is 30.3 Å². The van der Waals surface area contributed by atoms with E-state index in [0.717, 1.165) is 22.4 Å². The highest BCUT2D eigenvalue weighted by molar-refractivity contribution is 5.96. The minimum Gasteiger partial charge on any atom is -0.497 e. The highest BCUT2D eigenvalue weighted by Crippen LogP contribution is 2.33. The third-order valence-electron chi connectivity index (χ3n) is 5.75. The van der Waals surface area contributed by atoms with E-state index in [0.29, 0.717) is 43.6 Å². The van der Waals surface area contributed by atoms with Crippen molar-refractivity contribution in [3.05, 3.63) is 65.2 Å². The van der Waals surface area contributed by atoms with Crippen LogP contribution in [0, 0.1) is 6.92 Å². The fourth-order valence-electron chi connectivity index (χ4n) is 3.98. The van der Waals surface area contributed by atoms with Gasteiger partial charge in [0.25, 0.3) is 0 Å². The first-order valence-electron chi connectivity index (χ1n) is 11.2. The van der Waals surface area contributed by atoms with Gasteiger partial charge in [-0.3, -0.25) is 4.90 Å². The van der Waals surface area contributed by atoms with Crippen molar-refractivity contribution in [3.8, 4) is 17.1 Å². The van der Waals surface area contributed by atoms with Crippen LogP contribution in [-0.2, 0) is 17.8 Å². The molecule has 0 saturated carbocycles. The zero-order valence-electron chi connectivity index (χ0n) is 19.9. The number of benzene rings is 2. The van der Waals surface area contributed by atoms with E-state index >= 15 is 0 Å². The number of aromatic nitrogens is 1. The maximum Gasteiger partial charge on any atom is 0.322 e. The van der Waals surface area contributed by atoms with Crippen LogP contribution in [0.1, 0.15) is 43.4 Å². The van der Waals surface area contributed by atoms with Crippen LogP contribution in [0.15, 0.2) is 47.0 Å². The third kappa shape index (κ3) is 5.20. The molecule has 0 aliphatic carbocycles. The van der Waals surface area contributed by atoms with E-state index in [1.807, 2.05) is 39.0 Å². The van der Waals surface area contributed by atoms with Crippen molar-refractivity contribution < 1.29 is 18.7 Å². The maximum atomic E-state index is 12.5. The molecule has 1 saturated heterocycles. The molecule has 33 heavy (non-hydrogen) atoms. The molecule has 2 aromatic carbocycles. The number of carbonyl (C=O) groups excluding carboxylic acids is 1. The average Bonchev–Trinajstić information content (AvgIpc) is 3.36. The van der Waals surface area contributed by atoms with Crippen LogP contribution < -0.4 is 15.0 Å². The van der Waals surface area contributed by atoms with Gasteiger partial charge in [-0.05, 0) is 56.5 Å². The van der Waals surface area contributed by atoms with Gasteiger partial charge in [0.1, 0.15) is 5.75 Å². The lowest BCUT2D eigenvalue weighted by Gasteiger charge is -2.19. The Morgan fingerprint density at radius 1 is 1.21 bits per heavy atom. The molecule has 1 fully saturated rings. The number of hydrogen-bond donors (Lipinski definition) is 1. The van der Waals surface area contributed by atoms with E-state index in [1.165, 1.54) is 5.56 Å². The van der Waals surface area contributed by atoms with Gasteiger partial charge < -0.3 is 19.2 Å². The molecule has 174 valence electrons. The summed E-state index contributed by atoms with van der Waals surface area (Å²) in [5.41, 5.74) is 4.74. The van der Waals surface area contributed by atoms with E-state index < -0.39 is 0 Å². The van der Waals surface area contributed by atoms with Gasteiger partial charge in [-0.1, -0.05) is 18.2 Å². The number of urea groups is 1. The number of hydrogen-bond acceptors (Lipinski definition) is 5. The first-order chi connectivity index (χ1) is 15.8. The van der Waals surface area contributed by atoms with E-state index in [4.69, 9.17) is 13.9 Å². The Labute approximate surface area is 194 Å². The third-order valence-corrected chi connectivity index (χ3v) is 5.75. The summed E-state index contributed by atoms with van der Waals surface area (Å²) in [5.74, 6) is 1.91. The second kappa shape index (κ2) is 9.27. The SMILES string of the molecule is CCOCc1ccc(C)c(Cc2ncc(-c3cc(OC)cc(N4CC(C)(C)NC4=O)c3)o2)c1. The Balaban J connectivity index is 1.59. The Bertz CT molecular complexity index is 1150. The molecule has 0 bridgehead atoms. The van der Waals surface area contributed by atoms with Crippen molar-refractivity contribution in [2.45, 2.75) is 46.3 Å². The number of aryl methyl sites for hydroxylation is 1. The fourth-order valence-corrected chi connectivity index (χ4v) is 3.98. The molecule has 3 aromatic rings. The molecule has 7 nitrogen and oxygen atoms in total. The number of amides is 2. The lowest BCUT2D eigenvalue weighted by molar-refractivity contribution is 0.134. The Hall–Kier alpha value is -3.32. The molecule has 0 radical (unpaired) electrons. The second-order valence-electron chi connectivity index (χ2n) is 9.01. The normalized spacial score (nSPS) is 15.1. The predicted octanol–water partition coefficient (Wildman–Crippen LogP) is 5.09. The minimum absolute atomic E-state index is 0.125. The lowest BCUT2D eigenvalue weighted by atomic mass is 10.0. The highest BCUT2D eigenvalue weighted by atomic mass is 16.5. The number of anilines is 1. The number of rotatable bonds is 8. The summed E-state index contributed by atoms with van der Waals surface area (Å²) in [6.07, 6.45) is 2.31. The summed E-state index contributed by atoms with van der Waals surface area (Å²) in [6.45, 7) is 9.92. The van der Waals surface area contributed by atoms with Crippen molar-refractivity contribution in [1.82, 2.24) is 10.3 Å². The minimum atomic E-state index is -0.297. The van der Waals surface area contributed by atoms with Crippen molar-refractivity contribution in [2.24, 2.45) is 0 Å². The number of nitrogens with zero attached hydrogens (tertiary/aromatic N) is 2. The largest absolute Gasteiger partial charge is 0.497 e. The van der Waals surface area contributed by atoms with Crippen LogP contribution in [0.4, 0.5) is 10.5 Å². The first-order valence-corrected chi connectivity index (χ1v) is 11.2. The molecule has 2 amide bonds. The van der Waals surface area contributed by atoms with Crippen molar-refractivity contribution >= 4 is 11.7 Å². The van der Waals surface area contributed by atoms with Gasteiger partial charge in [-0.15, -0.1) is 0 Å². The van der Waals surface area contributed by atoms with E-state index in [1.54, 1.807) is 18.2 Å². The summed E-state index contributed by atoms with van der Waals surface area (Å²) < 4.78 is 17.2. The average molecular weight is 450 g/mol. The molecular weight excluding hydrogens is 418 g/mol. The number of methoxy groups -OCH3 is 1. The smallest absolute Gasteiger partial charge is 0.322 e. The number of carbonyl (C=O) groups is 1. The summed E-state index contributed by atoms with van der Waals surface area (Å²) >= 11 is 0. The van der Waals surface area contributed by atoms with Gasteiger partial charge in [-0.2, -0.15) is 0 Å². The van der Waals surface area contributed by atoms with Gasteiger partial charge in [-0.25, -0.2) is 9.78 Å². The zero-order valence-corrected chi connectivity index (χ0v) is 19.9.